The fraction of sp³-hybridized carbons (Fsp3) is 0.400. The topological polar surface area (TPSA) is 54.4 Å². The summed E-state index contributed by atoms with van der Waals surface area (Å²) in [5, 5.41) is 9.79. The molecule has 0 aliphatic carbocycles. The van der Waals surface area contributed by atoms with E-state index in [2.05, 4.69) is 15.9 Å². The molecule has 1 aromatic carbocycles. The Labute approximate surface area is 98.2 Å². The van der Waals surface area contributed by atoms with Gasteiger partial charge in [-0.25, -0.2) is 8.42 Å². The van der Waals surface area contributed by atoms with E-state index in [-0.39, 0.29) is 0 Å². The third kappa shape index (κ3) is 3.29. The van der Waals surface area contributed by atoms with Crippen LogP contribution in [0.5, 0.6) is 0 Å². The van der Waals surface area contributed by atoms with Gasteiger partial charge in [0.05, 0.1) is 0 Å². The van der Waals surface area contributed by atoms with Gasteiger partial charge < -0.3 is 5.11 Å². The molecule has 0 amide bonds. The van der Waals surface area contributed by atoms with Gasteiger partial charge in [0, 0.05) is 6.26 Å². The molecular formula is C10H13BrO3S. The minimum absolute atomic E-state index is 0.591. The lowest BCUT2D eigenvalue weighted by molar-refractivity contribution is 0.195. The lowest BCUT2D eigenvalue weighted by atomic mass is 10.1. The van der Waals surface area contributed by atoms with E-state index in [0.717, 1.165) is 11.8 Å². The number of sulfone groups is 1. The number of rotatable bonds is 3. The van der Waals surface area contributed by atoms with E-state index in [4.69, 9.17) is 0 Å². The van der Waals surface area contributed by atoms with Gasteiger partial charge in [0.2, 0.25) is 0 Å². The lowest BCUT2D eigenvalue weighted by Crippen LogP contribution is -2.21. The van der Waals surface area contributed by atoms with Crippen LogP contribution in [0.25, 0.3) is 0 Å². The standard InChI is InChI=1S/C10H13BrO3S/c1-7-3-5-8(6-4-7)9(12)10(11)15(2,13)14/h3-6,9-10,12H,1-2H3/t9-,10-/m0/s1. The minimum Gasteiger partial charge on any atom is -0.386 e. The van der Waals surface area contributed by atoms with Gasteiger partial charge in [-0.2, -0.15) is 0 Å². The quantitative estimate of drug-likeness (QED) is 0.865. The molecule has 84 valence electrons. The first kappa shape index (κ1) is 12.7. The highest BCUT2D eigenvalue weighted by Gasteiger charge is 2.26. The van der Waals surface area contributed by atoms with Crippen molar-refractivity contribution in [2.75, 3.05) is 6.26 Å². The maximum atomic E-state index is 11.2. The highest BCUT2D eigenvalue weighted by atomic mass is 79.9. The molecule has 3 nitrogen and oxygen atoms in total. The average molecular weight is 293 g/mol. The van der Waals surface area contributed by atoms with Crippen LogP contribution in [0, 0.1) is 6.92 Å². The van der Waals surface area contributed by atoms with Crippen LogP contribution in [-0.2, 0) is 9.84 Å². The van der Waals surface area contributed by atoms with Gasteiger partial charge in [-0.15, -0.1) is 0 Å². The molecule has 0 spiro atoms. The van der Waals surface area contributed by atoms with E-state index >= 15 is 0 Å². The number of halogens is 1. The largest absolute Gasteiger partial charge is 0.386 e. The molecule has 0 fully saturated rings. The first-order valence-electron chi connectivity index (χ1n) is 4.40. The van der Waals surface area contributed by atoms with Gasteiger partial charge in [0.25, 0.3) is 0 Å². The number of alkyl halides is 1. The molecule has 0 unspecified atom stereocenters. The van der Waals surface area contributed by atoms with Crippen LogP contribution < -0.4 is 0 Å². The van der Waals surface area contributed by atoms with Crippen molar-refractivity contribution < 1.29 is 13.5 Å². The molecule has 1 aromatic rings. The van der Waals surface area contributed by atoms with Crippen molar-refractivity contribution in [1.82, 2.24) is 0 Å². The van der Waals surface area contributed by atoms with Crippen molar-refractivity contribution in [1.29, 1.82) is 0 Å². The van der Waals surface area contributed by atoms with Gasteiger partial charge >= 0.3 is 0 Å². The van der Waals surface area contributed by atoms with Gasteiger partial charge in [-0.05, 0) is 12.5 Å². The first-order valence-corrected chi connectivity index (χ1v) is 7.27. The van der Waals surface area contributed by atoms with Crippen LogP contribution in [-0.4, -0.2) is 23.9 Å². The van der Waals surface area contributed by atoms with Gasteiger partial charge in [-0.3, -0.25) is 0 Å². The van der Waals surface area contributed by atoms with E-state index in [1.165, 1.54) is 0 Å². The molecule has 0 aliphatic heterocycles. The average Bonchev–Trinajstić information content (AvgIpc) is 2.15. The Kier molecular flexibility index (Phi) is 3.92. The van der Waals surface area contributed by atoms with E-state index in [0.29, 0.717) is 5.56 Å². The molecule has 1 N–H and O–H groups in total. The Bertz CT molecular complexity index is 424. The van der Waals surface area contributed by atoms with E-state index in [9.17, 15) is 13.5 Å². The molecule has 5 heteroatoms. The van der Waals surface area contributed by atoms with Gasteiger partial charge in [0.15, 0.2) is 9.84 Å². The molecule has 2 atom stereocenters. The lowest BCUT2D eigenvalue weighted by Gasteiger charge is -2.16. The van der Waals surface area contributed by atoms with Crippen molar-refractivity contribution in [3.63, 3.8) is 0 Å². The van der Waals surface area contributed by atoms with Gasteiger partial charge in [0.1, 0.15) is 10.3 Å². The monoisotopic (exact) mass is 292 g/mol. The Morgan fingerprint density at radius 2 is 1.73 bits per heavy atom. The molecule has 0 radical (unpaired) electrons. The number of aryl methyl sites for hydroxylation is 1. The summed E-state index contributed by atoms with van der Waals surface area (Å²) in [5.41, 5.74) is 1.66. The predicted molar refractivity (Wildman–Crippen MR) is 63.7 cm³/mol. The van der Waals surface area contributed by atoms with Gasteiger partial charge in [-0.1, -0.05) is 45.8 Å². The van der Waals surface area contributed by atoms with Crippen LogP contribution in [0.15, 0.2) is 24.3 Å². The molecule has 0 saturated carbocycles. The van der Waals surface area contributed by atoms with Crippen molar-refractivity contribution in [2.24, 2.45) is 0 Å². The van der Waals surface area contributed by atoms with Crippen LogP contribution in [0.2, 0.25) is 0 Å². The van der Waals surface area contributed by atoms with E-state index in [1.54, 1.807) is 12.1 Å². The highest BCUT2D eigenvalue weighted by Crippen LogP contribution is 2.26. The summed E-state index contributed by atoms with van der Waals surface area (Å²) in [6.45, 7) is 1.93. The second-order valence-electron chi connectivity index (χ2n) is 3.54. The number of benzene rings is 1. The summed E-state index contributed by atoms with van der Waals surface area (Å²) in [4.78, 5) is 0. The number of hydrogen-bond acceptors (Lipinski definition) is 3. The van der Waals surface area contributed by atoms with Crippen LogP contribution in [0.1, 0.15) is 17.2 Å². The molecule has 0 aliphatic rings. The maximum Gasteiger partial charge on any atom is 0.163 e. The van der Waals surface area contributed by atoms with E-state index in [1.807, 2.05) is 19.1 Å². The SMILES string of the molecule is Cc1ccc([C@H](O)[C@@H](Br)S(C)(=O)=O)cc1. The zero-order chi connectivity index (χ0) is 11.6. The summed E-state index contributed by atoms with van der Waals surface area (Å²) in [5.74, 6) is 0. The fourth-order valence-electron chi connectivity index (χ4n) is 1.15. The Morgan fingerprint density at radius 1 is 1.27 bits per heavy atom. The molecule has 0 bridgehead atoms. The minimum atomic E-state index is -3.29. The molecule has 0 saturated heterocycles. The van der Waals surface area contributed by atoms with Crippen LogP contribution in [0.4, 0.5) is 0 Å². The normalized spacial score (nSPS) is 16.0. The summed E-state index contributed by atoms with van der Waals surface area (Å²) in [7, 11) is -3.29. The summed E-state index contributed by atoms with van der Waals surface area (Å²) in [6, 6.07) is 7.11. The summed E-state index contributed by atoms with van der Waals surface area (Å²) < 4.78 is 21.4. The molecule has 0 heterocycles. The Morgan fingerprint density at radius 3 is 2.13 bits per heavy atom. The third-order valence-electron chi connectivity index (χ3n) is 2.08. The van der Waals surface area contributed by atoms with E-state index < -0.39 is 20.1 Å². The summed E-state index contributed by atoms with van der Waals surface area (Å²) in [6.07, 6.45) is 0.0460. The number of hydrogen-bond donors (Lipinski definition) is 1. The van der Waals surface area contributed by atoms with Crippen LogP contribution in [0.3, 0.4) is 0 Å². The second kappa shape index (κ2) is 4.63. The van der Waals surface area contributed by atoms with Crippen molar-refractivity contribution in [3.8, 4) is 0 Å². The smallest absolute Gasteiger partial charge is 0.163 e. The molecular weight excluding hydrogens is 280 g/mol. The molecule has 1 rings (SSSR count). The van der Waals surface area contributed by atoms with Crippen molar-refractivity contribution >= 4 is 25.8 Å². The highest BCUT2D eigenvalue weighted by molar-refractivity contribution is 9.11. The van der Waals surface area contributed by atoms with Crippen LogP contribution >= 0.6 is 15.9 Å². The predicted octanol–water partition coefficient (Wildman–Crippen LogP) is 1.79. The Hall–Kier alpha value is -0.390. The maximum absolute atomic E-state index is 11.2. The van der Waals surface area contributed by atoms with Crippen molar-refractivity contribution in [3.05, 3.63) is 35.4 Å². The number of aliphatic hydroxyl groups excluding tert-OH is 1. The first-order chi connectivity index (χ1) is 6.82. The zero-order valence-corrected chi connectivity index (χ0v) is 10.9. The second-order valence-corrected chi connectivity index (χ2v) is 7.30. The Balaban J connectivity index is 2.95. The van der Waals surface area contributed by atoms with Crippen molar-refractivity contribution in [2.45, 2.75) is 17.2 Å². The molecule has 15 heavy (non-hydrogen) atoms. The number of aliphatic hydroxyl groups is 1. The molecule has 0 aromatic heterocycles. The summed E-state index contributed by atoms with van der Waals surface area (Å²) >= 11 is 2.98. The fourth-order valence-corrected chi connectivity index (χ4v) is 2.08. The third-order valence-corrected chi connectivity index (χ3v) is 5.69. The zero-order valence-electron chi connectivity index (χ0n) is 8.51.